The Labute approximate surface area is 108 Å². The van der Waals surface area contributed by atoms with E-state index < -0.39 is 0 Å². The van der Waals surface area contributed by atoms with Crippen molar-refractivity contribution < 1.29 is 9.59 Å². The maximum atomic E-state index is 12.0. The van der Waals surface area contributed by atoms with E-state index in [9.17, 15) is 9.59 Å². The van der Waals surface area contributed by atoms with Gasteiger partial charge in [0.05, 0.1) is 0 Å². The van der Waals surface area contributed by atoms with E-state index in [0.29, 0.717) is 12.5 Å². The molecule has 0 radical (unpaired) electrons. The number of nitrogens with one attached hydrogen (secondary N) is 1. The Balaban J connectivity index is 1.92. The van der Waals surface area contributed by atoms with Crippen molar-refractivity contribution in [3.05, 3.63) is 24.3 Å². The van der Waals surface area contributed by atoms with Gasteiger partial charge in [0.25, 0.3) is 11.8 Å². The normalized spacial score (nSPS) is 25.9. The summed E-state index contributed by atoms with van der Waals surface area (Å²) in [4.78, 5) is 24.9. The lowest BCUT2D eigenvalue weighted by atomic mass is 9.97. The second-order valence-electron chi connectivity index (χ2n) is 5.07. The van der Waals surface area contributed by atoms with Gasteiger partial charge in [-0.3, -0.25) is 14.5 Å². The Morgan fingerprint density at radius 3 is 2.89 bits per heavy atom. The predicted octanol–water partition coefficient (Wildman–Crippen LogP) is 1.10. The largest absolute Gasteiger partial charge is 0.317 e. The zero-order valence-corrected chi connectivity index (χ0v) is 10.8. The van der Waals surface area contributed by atoms with Crippen LogP contribution in [-0.2, 0) is 9.59 Å². The van der Waals surface area contributed by atoms with E-state index in [0.717, 1.165) is 25.9 Å². The molecule has 1 atom stereocenters. The summed E-state index contributed by atoms with van der Waals surface area (Å²) in [5, 5.41) is 3.29. The van der Waals surface area contributed by atoms with Crippen LogP contribution >= 0.6 is 0 Å². The standard InChI is InChI=1S/C14H20N2O2/c1-11-2-4-13(17)16(10-11)14(18)5-3-12-6-8-15-9-7-12/h2-5,11-12,15H,6-10H2,1H3/b5-3+/t11-/m0/s1. The van der Waals surface area contributed by atoms with Crippen molar-refractivity contribution in [2.75, 3.05) is 19.6 Å². The molecule has 0 aromatic carbocycles. The van der Waals surface area contributed by atoms with E-state index in [4.69, 9.17) is 0 Å². The highest BCUT2D eigenvalue weighted by Gasteiger charge is 2.22. The summed E-state index contributed by atoms with van der Waals surface area (Å²) in [6.45, 7) is 4.50. The maximum absolute atomic E-state index is 12.0. The fraction of sp³-hybridized carbons (Fsp3) is 0.571. The van der Waals surface area contributed by atoms with Gasteiger partial charge in [-0.25, -0.2) is 0 Å². The van der Waals surface area contributed by atoms with Crippen molar-refractivity contribution in [2.45, 2.75) is 19.8 Å². The highest BCUT2D eigenvalue weighted by atomic mass is 16.2. The third kappa shape index (κ3) is 3.29. The van der Waals surface area contributed by atoms with Crippen LogP contribution in [0.4, 0.5) is 0 Å². The van der Waals surface area contributed by atoms with Crippen LogP contribution in [0.3, 0.4) is 0 Å². The number of carbonyl (C=O) groups is 2. The van der Waals surface area contributed by atoms with Crippen molar-refractivity contribution in [2.24, 2.45) is 11.8 Å². The van der Waals surface area contributed by atoms with Crippen molar-refractivity contribution in [3.63, 3.8) is 0 Å². The number of hydrogen-bond acceptors (Lipinski definition) is 3. The molecule has 2 heterocycles. The number of rotatable bonds is 2. The van der Waals surface area contributed by atoms with Gasteiger partial charge in [0, 0.05) is 6.54 Å². The van der Waals surface area contributed by atoms with Crippen LogP contribution in [0.15, 0.2) is 24.3 Å². The lowest BCUT2D eigenvalue weighted by Crippen LogP contribution is -2.40. The average molecular weight is 248 g/mol. The topological polar surface area (TPSA) is 49.4 Å². The molecule has 4 nitrogen and oxygen atoms in total. The molecule has 1 fully saturated rings. The number of amides is 2. The summed E-state index contributed by atoms with van der Waals surface area (Å²) in [7, 11) is 0. The molecule has 0 spiro atoms. The summed E-state index contributed by atoms with van der Waals surface area (Å²) in [5.41, 5.74) is 0. The number of imide groups is 1. The van der Waals surface area contributed by atoms with E-state index >= 15 is 0 Å². The van der Waals surface area contributed by atoms with Gasteiger partial charge >= 0.3 is 0 Å². The lowest BCUT2D eigenvalue weighted by molar-refractivity contribution is -0.139. The second-order valence-corrected chi connectivity index (χ2v) is 5.07. The Morgan fingerprint density at radius 2 is 2.17 bits per heavy atom. The van der Waals surface area contributed by atoms with Gasteiger partial charge in [-0.05, 0) is 49.9 Å². The van der Waals surface area contributed by atoms with Crippen LogP contribution in [0, 0.1) is 11.8 Å². The van der Waals surface area contributed by atoms with Gasteiger partial charge in [0.15, 0.2) is 0 Å². The predicted molar refractivity (Wildman–Crippen MR) is 69.8 cm³/mol. The first kappa shape index (κ1) is 13.0. The highest BCUT2D eigenvalue weighted by molar-refractivity contribution is 6.05. The molecule has 4 heteroatoms. The molecule has 0 bridgehead atoms. The molecule has 2 amide bonds. The molecule has 1 saturated heterocycles. The monoisotopic (exact) mass is 248 g/mol. The Bertz CT molecular complexity index is 381. The van der Waals surface area contributed by atoms with Crippen LogP contribution in [0.25, 0.3) is 0 Å². The first-order chi connectivity index (χ1) is 8.66. The molecule has 0 saturated carbocycles. The Hall–Kier alpha value is -1.42. The van der Waals surface area contributed by atoms with Gasteiger partial charge in [-0.1, -0.05) is 19.1 Å². The first-order valence-corrected chi connectivity index (χ1v) is 6.59. The van der Waals surface area contributed by atoms with Gasteiger partial charge < -0.3 is 5.32 Å². The summed E-state index contributed by atoms with van der Waals surface area (Å²) in [6, 6.07) is 0. The van der Waals surface area contributed by atoms with E-state index in [1.165, 1.54) is 11.0 Å². The van der Waals surface area contributed by atoms with Crippen molar-refractivity contribution in [1.29, 1.82) is 0 Å². The Kier molecular flexibility index (Phi) is 4.31. The van der Waals surface area contributed by atoms with E-state index in [2.05, 4.69) is 5.32 Å². The zero-order chi connectivity index (χ0) is 13.0. The second kappa shape index (κ2) is 5.96. The summed E-state index contributed by atoms with van der Waals surface area (Å²) >= 11 is 0. The smallest absolute Gasteiger partial charge is 0.253 e. The van der Waals surface area contributed by atoms with Crippen LogP contribution in [0.5, 0.6) is 0 Å². The first-order valence-electron chi connectivity index (χ1n) is 6.59. The van der Waals surface area contributed by atoms with Gasteiger partial charge in [0.2, 0.25) is 0 Å². The van der Waals surface area contributed by atoms with Crippen molar-refractivity contribution in [3.8, 4) is 0 Å². The lowest BCUT2D eigenvalue weighted by Gasteiger charge is -2.24. The minimum Gasteiger partial charge on any atom is -0.317 e. The molecule has 0 unspecified atom stereocenters. The zero-order valence-electron chi connectivity index (χ0n) is 10.8. The third-order valence-corrected chi connectivity index (χ3v) is 3.46. The maximum Gasteiger partial charge on any atom is 0.253 e. The van der Waals surface area contributed by atoms with E-state index in [-0.39, 0.29) is 17.7 Å². The number of allylic oxidation sites excluding steroid dienone is 1. The minimum atomic E-state index is -0.201. The molecule has 18 heavy (non-hydrogen) atoms. The summed E-state index contributed by atoms with van der Waals surface area (Å²) in [5.74, 6) is 0.324. The molecule has 0 aromatic heterocycles. The molecular formula is C14H20N2O2. The van der Waals surface area contributed by atoms with Gasteiger partial charge in [-0.15, -0.1) is 0 Å². The van der Waals surface area contributed by atoms with Crippen molar-refractivity contribution in [1.82, 2.24) is 10.2 Å². The number of hydrogen-bond donors (Lipinski definition) is 1. The van der Waals surface area contributed by atoms with Crippen LogP contribution in [-0.4, -0.2) is 36.3 Å². The molecular weight excluding hydrogens is 228 g/mol. The molecule has 2 aliphatic rings. The average Bonchev–Trinajstić information content (AvgIpc) is 2.40. The van der Waals surface area contributed by atoms with E-state index in [1.807, 2.05) is 19.1 Å². The van der Waals surface area contributed by atoms with Crippen LogP contribution in [0.2, 0.25) is 0 Å². The van der Waals surface area contributed by atoms with Crippen molar-refractivity contribution >= 4 is 11.8 Å². The molecule has 1 N–H and O–H groups in total. The third-order valence-electron chi connectivity index (χ3n) is 3.46. The van der Waals surface area contributed by atoms with Gasteiger partial charge in [0.1, 0.15) is 0 Å². The highest BCUT2D eigenvalue weighted by Crippen LogP contribution is 2.14. The SMILES string of the molecule is C[C@H]1C=CC(=O)N(C(=O)/C=C/C2CCNCC2)C1. The molecule has 2 aliphatic heterocycles. The summed E-state index contributed by atoms with van der Waals surface area (Å²) in [6.07, 6.45) is 8.99. The fourth-order valence-corrected chi connectivity index (χ4v) is 2.32. The number of carbonyl (C=O) groups excluding carboxylic acids is 2. The fourth-order valence-electron chi connectivity index (χ4n) is 2.32. The molecule has 98 valence electrons. The minimum absolute atomic E-state index is 0.185. The van der Waals surface area contributed by atoms with Crippen LogP contribution in [0.1, 0.15) is 19.8 Å². The molecule has 2 rings (SSSR count). The quantitative estimate of drug-likeness (QED) is 0.745. The number of piperidine rings is 1. The summed E-state index contributed by atoms with van der Waals surface area (Å²) < 4.78 is 0. The molecule has 0 aliphatic carbocycles. The molecule has 0 aromatic rings. The van der Waals surface area contributed by atoms with Crippen LogP contribution < -0.4 is 5.32 Å². The Morgan fingerprint density at radius 1 is 1.44 bits per heavy atom. The van der Waals surface area contributed by atoms with Gasteiger partial charge in [-0.2, -0.15) is 0 Å². The van der Waals surface area contributed by atoms with E-state index in [1.54, 1.807) is 6.08 Å². The number of nitrogens with zero attached hydrogens (tertiary/aromatic N) is 1.